The average molecular weight is 467 g/mol. The molecule has 2 aromatic carbocycles. The van der Waals surface area contributed by atoms with E-state index in [4.69, 9.17) is 0 Å². The molecule has 0 aliphatic carbocycles. The van der Waals surface area contributed by atoms with Gasteiger partial charge in [-0.1, -0.05) is 43.7 Å². The summed E-state index contributed by atoms with van der Waals surface area (Å²) in [4.78, 5) is 37.5. The Kier molecular flexibility index (Phi) is 8.54. The molecule has 2 amide bonds. The van der Waals surface area contributed by atoms with Crippen molar-refractivity contribution in [2.75, 3.05) is 22.1 Å². The van der Waals surface area contributed by atoms with Gasteiger partial charge in [0.25, 0.3) is 5.56 Å². The van der Waals surface area contributed by atoms with Crippen LogP contribution in [0.1, 0.15) is 31.0 Å². The number of nitrogens with one attached hydrogen (secondary N) is 2. The van der Waals surface area contributed by atoms with Crippen molar-refractivity contribution in [2.24, 2.45) is 7.05 Å². The molecule has 0 radical (unpaired) electrons. The molecular weight excluding hydrogens is 436 g/mol. The molecule has 0 bridgehead atoms. The van der Waals surface area contributed by atoms with Crippen LogP contribution < -0.4 is 16.2 Å². The Labute approximate surface area is 198 Å². The van der Waals surface area contributed by atoms with Crippen molar-refractivity contribution in [3.63, 3.8) is 0 Å². The number of benzene rings is 2. The number of carbonyl (C=O) groups is 2. The predicted octanol–water partition coefficient (Wildman–Crippen LogP) is 4.14. The maximum absolute atomic E-state index is 12.9. The summed E-state index contributed by atoms with van der Waals surface area (Å²) in [6.45, 7) is 3.94. The largest absolute Gasteiger partial charge is 0.325 e. The molecule has 0 unspecified atom stereocenters. The lowest BCUT2D eigenvalue weighted by Gasteiger charge is -2.07. The topological polar surface area (TPSA) is 85.1 Å². The van der Waals surface area contributed by atoms with Crippen LogP contribution in [-0.4, -0.2) is 32.7 Å². The number of hydrogen-bond acceptors (Lipinski definition) is 4. The first-order valence-electron chi connectivity index (χ1n) is 11.0. The second kappa shape index (κ2) is 11.6. The Hall–Kier alpha value is -3.26. The van der Waals surface area contributed by atoms with Crippen molar-refractivity contribution < 1.29 is 9.59 Å². The molecule has 0 atom stereocenters. The zero-order chi connectivity index (χ0) is 23.8. The summed E-state index contributed by atoms with van der Waals surface area (Å²) in [6, 6.07) is 17.1. The molecule has 1 heterocycles. The van der Waals surface area contributed by atoms with Crippen LogP contribution in [0, 0.1) is 6.92 Å². The second-order valence-corrected chi connectivity index (χ2v) is 8.81. The number of amides is 2. The number of carbonyl (C=O) groups excluding carboxylic acids is 2. The summed E-state index contributed by atoms with van der Waals surface area (Å²) in [5, 5.41) is 5.56. The van der Waals surface area contributed by atoms with Gasteiger partial charge in [-0.25, -0.2) is 4.68 Å². The van der Waals surface area contributed by atoms with Crippen LogP contribution in [0.2, 0.25) is 0 Å². The number of aromatic nitrogens is 2. The first-order valence-corrected chi connectivity index (χ1v) is 12.2. The fourth-order valence-electron chi connectivity index (χ4n) is 3.46. The molecule has 174 valence electrons. The Bertz CT molecular complexity index is 1150. The van der Waals surface area contributed by atoms with Gasteiger partial charge in [-0.05, 0) is 49.6 Å². The normalized spacial score (nSPS) is 10.8. The van der Waals surface area contributed by atoms with Gasteiger partial charge in [0, 0.05) is 12.7 Å². The molecule has 1 aromatic heterocycles. The molecule has 0 aliphatic heterocycles. The summed E-state index contributed by atoms with van der Waals surface area (Å²) >= 11 is 1.20. The lowest BCUT2D eigenvalue weighted by molar-refractivity contribution is -0.114. The Morgan fingerprint density at radius 1 is 0.939 bits per heavy atom. The van der Waals surface area contributed by atoms with Gasteiger partial charge in [-0.15, -0.1) is 11.8 Å². The smallest absolute Gasteiger partial charge is 0.295 e. The Balaban J connectivity index is 1.51. The van der Waals surface area contributed by atoms with Gasteiger partial charge in [0.2, 0.25) is 11.8 Å². The van der Waals surface area contributed by atoms with E-state index in [2.05, 4.69) is 17.6 Å². The van der Waals surface area contributed by atoms with Crippen LogP contribution >= 0.6 is 11.8 Å². The van der Waals surface area contributed by atoms with Crippen LogP contribution in [0.4, 0.5) is 11.4 Å². The zero-order valence-corrected chi connectivity index (χ0v) is 20.1. The molecule has 0 saturated heterocycles. The molecule has 3 aromatic rings. The van der Waals surface area contributed by atoms with Gasteiger partial charge in [0.1, 0.15) is 5.69 Å². The van der Waals surface area contributed by atoms with Crippen molar-refractivity contribution in [1.82, 2.24) is 9.36 Å². The minimum Gasteiger partial charge on any atom is -0.325 e. The van der Waals surface area contributed by atoms with E-state index in [0.29, 0.717) is 5.69 Å². The van der Waals surface area contributed by atoms with Gasteiger partial charge in [-0.3, -0.25) is 19.1 Å². The molecule has 3 rings (SSSR count). The van der Waals surface area contributed by atoms with Crippen molar-refractivity contribution in [2.45, 2.75) is 33.1 Å². The Morgan fingerprint density at radius 3 is 2.21 bits per heavy atom. The molecule has 0 fully saturated rings. The number of rotatable bonds is 10. The molecule has 7 nitrogen and oxygen atoms in total. The quantitative estimate of drug-likeness (QED) is 0.470. The van der Waals surface area contributed by atoms with Crippen LogP contribution in [0.3, 0.4) is 0 Å². The van der Waals surface area contributed by atoms with Crippen molar-refractivity contribution in [3.8, 4) is 5.69 Å². The van der Waals surface area contributed by atoms with Crippen LogP contribution in [0.5, 0.6) is 0 Å². The predicted molar refractivity (Wildman–Crippen MR) is 135 cm³/mol. The molecule has 0 saturated carbocycles. The highest BCUT2D eigenvalue weighted by molar-refractivity contribution is 8.00. The third-order valence-corrected chi connectivity index (χ3v) is 6.27. The van der Waals surface area contributed by atoms with E-state index < -0.39 is 0 Å². The third-order valence-electron chi connectivity index (χ3n) is 5.34. The number of nitrogens with zero attached hydrogens (tertiary/aromatic N) is 2. The lowest BCUT2D eigenvalue weighted by atomic mass is 10.1. The fraction of sp³-hybridized carbons (Fsp3) is 0.320. The molecule has 0 spiro atoms. The summed E-state index contributed by atoms with van der Waals surface area (Å²) in [5.74, 6) is -0.272. The lowest BCUT2D eigenvalue weighted by Crippen LogP contribution is -2.24. The number of unbranched alkanes of at least 4 members (excludes halogenated alkanes) is 1. The standard InChI is InChI=1S/C25H30N4O3S/c1-4-5-9-19-12-14-20(15-13-19)26-22(30)16-33-17-23(31)27-24-18(2)28(3)29(25(24)32)21-10-7-6-8-11-21/h6-8,10-15H,4-5,9,16-17H2,1-3H3,(H,26,30)(H,27,31). The molecular formula is C25H30N4O3S. The fourth-order valence-corrected chi connectivity index (χ4v) is 4.07. The zero-order valence-electron chi connectivity index (χ0n) is 19.3. The van der Waals surface area contributed by atoms with E-state index in [-0.39, 0.29) is 34.6 Å². The van der Waals surface area contributed by atoms with Crippen molar-refractivity contribution >= 4 is 35.0 Å². The van der Waals surface area contributed by atoms with Crippen LogP contribution in [0.25, 0.3) is 5.69 Å². The molecule has 0 aliphatic rings. The highest BCUT2D eigenvalue weighted by atomic mass is 32.2. The third kappa shape index (κ3) is 6.38. The van der Waals surface area contributed by atoms with Gasteiger partial charge in [0.05, 0.1) is 22.9 Å². The summed E-state index contributed by atoms with van der Waals surface area (Å²) in [5.41, 5.74) is 3.33. The number of hydrogen-bond donors (Lipinski definition) is 2. The monoisotopic (exact) mass is 466 g/mol. The van der Waals surface area contributed by atoms with Crippen LogP contribution in [0.15, 0.2) is 59.4 Å². The van der Waals surface area contributed by atoms with E-state index in [1.165, 1.54) is 22.0 Å². The highest BCUT2D eigenvalue weighted by Gasteiger charge is 2.18. The average Bonchev–Trinajstić information content (AvgIpc) is 3.02. The van der Waals surface area contributed by atoms with Crippen molar-refractivity contribution in [3.05, 3.63) is 76.2 Å². The number of thioether (sulfide) groups is 1. The SMILES string of the molecule is CCCCc1ccc(NC(=O)CSCC(=O)Nc2c(C)n(C)n(-c3ccccc3)c2=O)cc1. The first kappa shape index (κ1) is 24.4. The minimum absolute atomic E-state index is 0.0719. The number of anilines is 2. The van der Waals surface area contributed by atoms with E-state index in [1.807, 2.05) is 54.6 Å². The van der Waals surface area contributed by atoms with E-state index >= 15 is 0 Å². The molecule has 33 heavy (non-hydrogen) atoms. The number of aryl methyl sites for hydroxylation is 1. The van der Waals surface area contributed by atoms with Gasteiger partial charge >= 0.3 is 0 Å². The van der Waals surface area contributed by atoms with Gasteiger partial charge in [-0.2, -0.15) is 0 Å². The highest BCUT2D eigenvalue weighted by Crippen LogP contribution is 2.15. The summed E-state index contributed by atoms with van der Waals surface area (Å²) in [7, 11) is 1.77. The van der Waals surface area contributed by atoms with E-state index in [9.17, 15) is 14.4 Å². The minimum atomic E-state index is -0.320. The Morgan fingerprint density at radius 2 is 1.58 bits per heavy atom. The summed E-state index contributed by atoms with van der Waals surface area (Å²) < 4.78 is 3.22. The first-order chi connectivity index (χ1) is 15.9. The maximum Gasteiger partial charge on any atom is 0.295 e. The molecule has 8 heteroatoms. The van der Waals surface area contributed by atoms with E-state index in [1.54, 1.807) is 18.7 Å². The van der Waals surface area contributed by atoms with E-state index in [0.717, 1.165) is 30.6 Å². The van der Waals surface area contributed by atoms with Crippen molar-refractivity contribution in [1.29, 1.82) is 0 Å². The maximum atomic E-state index is 12.9. The van der Waals surface area contributed by atoms with Gasteiger partial charge in [0.15, 0.2) is 0 Å². The molecule has 2 N–H and O–H groups in total. The van der Waals surface area contributed by atoms with Crippen LogP contribution in [-0.2, 0) is 23.1 Å². The second-order valence-electron chi connectivity index (χ2n) is 7.83. The number of para-hydroxylation sites is 1. The summed E-state index contributed by atoms with van der Waals surface area (Å²) in [6.07, 6.45) is 3.33. The van der Waals surface area contributed by atoms with Gasteiger partial charge < -0.3 is 10.6 Å².